The monoisotopic (exact) mass is 412 g/mol. The minimum Gasteiger partial charge on any atom is -0.378 e. The first kappa shape index (κ1) is 20.3. The van der Waals surface area contributed by atoms with Crippen molar-refractivity contribution in [2.45, 2.75) is 5.16 Å². The number of nitro groups is 1. The predicted octanol–water partition coefficient (Wildman–Crippen LogP) is 3.19. The van der Waals surface area contributed by atoms with Crippen molar-refractivity contribution in [3.63, 3.8) is 0 Å². The van der Waals surface area contributed by atoms with Crippen LogP contribution in [0.25, 0.3) is 11.4 Å². The summed E-state index contributed by atoms with van der Waals surface area (Å²) in [7, 11) is 5.80. The van der Waals surface area contributed by atoms with Gasteiger partial charge in [-0.3, -0.25) is 14.9 Å². The van der Waals surface area contributed by atoms with Crippen molar-refractivity contribution >= 4 is 34.7 Å². The van der Waals surface area contributed by atoms with Crippen LogP contribution < -0.4 is 10.2 Å². The van der Waals surface area contributed by atoms with Crippen LogP contribution in [0.2, 0.25) is 0 Å². The highest BCUT2D eigenvalue weighted by atomic mass is 32.2. The third-order valence-electron chi connectivity index (χ3n) is 4.15. The number of nitrogens with one attached hydrogen (secondary N) is 1. The molecule has 10 heteroatoms. The number of amides is 1. The van der Waals surface area contributed by atoms with Gasteiger partial charge < -0.3 is 14.8 Å². The SMILES string of the molecule is CN(C)c1ccc(-c2nnc(SCC(=O)Nc3cccc([N+](=O)[O-])c3)n2C)cc1. The lowest BCUT2D eigenvalue weighted by molar-refractivity contribution is -0.384. The lowest BCUT2D eigenvalue weighted by Crippen LogP contribution is -2.14. The molecule has 0 spiro atoms. The number of nitrogens with zero attached hydrogens (tertiary/aromatic N) is 5. The van der Waals surface area contributed by atoms with Gasteiger partial charge in [0.15, 0.2) is 11.0 Å². The molecule has 0 atom stereocenters. The van der Waals surface area contributed by atoms with Crippen molar-refractivity contribution in [2.24, 2.45) is 7.05 Å². The Morgan fingerprint density at radius 3 is 2.59 bits per heavy atom. The largest absolute Gasteiger partial charge is 0.378 e. The second kappa shape index (κ2) is 8.74. The van der Waals surface area contributed by atoms with E-state index in [1.165, 1.54) is 30.0 Å². The molecule has 1 aromatic heterocycles. The van der Waals surface area contributed by atoms with E-state index in [1.54, 1.807) is 6.07 Å². The molecule has 0 aliphatic rings. The van der Waals surface area contributed by atoms with Gasteiger partial charge in [-0.2, -0.15) is 0 Å². The minimum atomic E-state index is -0.503. The van der Waals surface area contributed by atoms with E-state index >= 15 is 0 Å². The van der Waals surface area contributed by atoms with Gasteiger partial charge in [-0.15, -0.1) is 10.2 Å². The fourth-order valence-electron chi connectivity index (χ4n) is 2.63. The summed E-state index contributed by atoms with van der Waals surface area (Å²) in [6, 6.07) is 13.8. The van der Waals surface area contributed by atoms with Crippen molar-refractivity contribution in [3.05, 3.63) is 58.6 Å². The first-order valence-corrected chi connectivity index (χ1v) is 9.68. The molecule has 0 saturated carbocycles. The average Bonchev–Trinajstić information content (AvgIpc) is 3.07. The molecule has 150 valence electrons. The van der Waals surface area contributed by atoms with Gasteiger partial charge in [0.2, 0.25) is 5.91 Å². The van der Waals surface area contributed by atoms with E-state index in [0.29, 0.717) is 16.7 Å². The number of benzene rings is 2. The average molecular weight is 412 g/mol. The maximum atomic E-state index is 12.2. The van der Waals surface area contributed by atoms with E-state index in [-0.39, 0.29) is 17.3 Å². The summed E-state index contributed by atoms with van der Waals surface area (Å²) in [5, 5.41) is 22.5. The molecule has 9 nitrogen and oxygen atoms in total. The predicted molar refractivity (Wildman–Crippen MR) is 113 cm³/mol. The number of carbonyl (C=O) groups is 1. The molecule has 0 fully saturated rings. The van der Waals surface area contributed by atoms with Gasteiger partial charge in [-0.1, -0.05) is 17.8 Å². The maximum Gasteiger partial charge on any atom is 0.271 e. The summed E-state index contributed by atoms with van der Waals surface area (Å²) in [6.45, 7) is 0. The molecular weight excluding hydrogens is 392 g/mol. The summed E-state index contributed by atoms with van der Waals surface area (Å²) in [6.07, 6.45) is 0. The van der Waals surface area contributed by atoms with Gasteiger partial charge in [0.25, 0.3) is 5.69 Å². The maximum absolute atomic E-state index is 12.2. The molecule has 0 aliphatic carbocycles. The molecule has 0 saturated heterocycles. The van der Waals surface area contributed by atoms with Gasteiger partial charge in [0, 0.05) is 50.2 Å². The number of carbonyl (C=O) groups excluding carboxylic acids is 1. The first-order chi connectivity index (χ1) is 13.8. The lowest BCUT2D eigenvalue weighted by atomic mass is 10.2. The number of hydrogen-bond acceptors (Lipinski definition) is 7. The van der Waals surface area contributed by atoms with Gasteiger partial charge in [0.05, 0.1) is 10.7 Å². The van der Waals surface area contributed by atoms with Crippen LogP contribution in [0.5, 0.6) is 0 Å². The van der Waals surface area contributed by atoms with Gasteiger partial charge in [0.1, 0.15) is 0 Å². The number of anilines is 2. The van der Waals surface area contributed by atoms with Crippen LogP contribution in [0.1, 0.15) is 0 Å². The van der Waals surface area contributed by atoms with Crippen LogP contribution in [-0.2, 0) is 11.8 Å². The Hall–Kier alpha value is -3.40. The third-order valence-corrected chi connectivity index (χ3v) is 5.17. The Bertz CT molecular complexity index is 1030. The highest BCUT2D eigenvalue weighted by molar-refractivity contribution is 7.99. The molecule has 0 bridgehead atoms. The smallest absolute Gasteiger partial charge is 0.271 e. The molecule has 1 N–H and O–H groups in total. The zero-order valence-corrected chi connectivity index (χ0v) is 17.0. The summed E-state index contributed by atoms with van der Waals surface area (Å²) in [5.41, 5.74) is 2.32. The third kappa shape index (κ3) is 4.91. The van der Waals surface area contributed by atoms with Crippen LogP contribution in [0.3, 0.4) is 0 Å². The van der Waals surface area contributed by atoms with Crippen molar-refractivity contribution in [3.8, 4) is 11.4 Å². The molecule has 1 heterocycles. The molecule has 29 heavy (non-hydrogen) atoms. The summed E-state index contributed by atoms with van der Waals surface area (Å²) in [4.78, 5) is 24.5. The van der Waals surface area contributed by atoms with Crippen LogP contribution in [0.4, 0.5) is 17.1 Å². The summed E-state index contributed by atoms with van der Waals surface area (Å²) >= 11 is 1.24. The van der Waals surface area contributed by atoms with E-state index < -0.39 is 4.92 Å². The Balaban J connectivity index is 1.63. The molecule has 1 amide bonds. The molecule has 0 unspecified atom stereocenters. The number of rotatable bonds is 7. The van der Waals surface area contributed by atoms with E-state index in [2.05, 4.69) is 15.5 Å². The van der Waals surface area contributed by atoms with Gasteiger partial charge >= 0.3 is 0 Å². The number of nitro benzene ring substituents is 1. The Kier molecular flexibility index (Phi) is 6.13. The number of non-ortho nitro benzene ring substituents is 1. The van der Waals surface area contributed by atoms with Crippen LogP contribution in [-0.4, -0.2) is 45.4 Å². The van der Waals surface area contributed by atoms with Crippen LogP contribution in [0.15, 0.2) is 53.7 Å². The lowest BCUT2D eigenvalue weighted by Gasteiger charge is -2.12. The fourth-order valence-corrected chi connectivity index (χ4v) is 3.34. The van der Waals surface area contributed by atoms with E-state index in [4.69, 9.17) is 0 Å². The van der Waals surface area contributed by atoms with Crippen molar-refractivity contribution in [1.82, 2.24) is 14.8 Å². The second-order valence-electron chi connectivity index (χ2n) is 6.45. The zero-order valence-electron chi connectivity index (χ0n) is 16.2. The highest BCUT2D eigenvalue weighted by Gasteiger charge is 2.14. The van der Waals surface area contributed by atoms with Crippen molar-refractivity contribution in [1.29, 1.82) is 0 Å². The molecule has 0 radical (unpaired) electrons. The summed E-state index contributed by atoms with van der Waals surface area (Å²) < 4.78 is 1.83. The molecule has 0 aliphatic heterocycles. The fraction of sp³-hybridized carbons (Fsp3) is 0.211. The number of aromatic nitrogens is 3. The summed E-state index contributed by atoms with van der Waals surface area (Å²) in [5.74, 6) is 0.529. The van der Waals surface area contributed by atoms with Crippen LogP contribution >= 0.6 is 11.8 Å². The number of thioether (sulfide) groups is 1. The van der Waals surface area contributed by atoms with Gasteiger partial charge in [-0.05, 0) is 30.3 Å². The van der Waals surface area contributed by atoms with Crippen molar-refractivity contribution < 1.29 is 9.72 Å². The van der Waals surface area contributed by atoms with Crippen molar-refractivity contribution in [2.75, 3.05) is 30.1 Å². The van der Waals surface area contributed by atoms with E-state index in [0.717, 1.165) is 11.3 Å². The minimum absolute atomic E-state index is 0.0753. The normalized spacial score (nSPS) is 10.6. The number of hydrogen-bond donors (Lipinski definition) is 1. The van der Waals surface area contributed by atoms with Crippen LogP contribution in [0, 0.1) is 10.1 Å². The topological polar surface area (TPSA) is 106 Å². The van der Waals surface area contributed by atoms with E-state index in [9.17, 15) is 14.9 Å². The second-order valence-corrected chi connectivity index (χ2v) is 7.39. The Morgan fingerprint density at radius 2 is 1.93 bits per heavy atom. The first-order valence-electron chi connectivity index (χ1n) is 8.69. The molecule has 2 aromatic carbocycles. The highest BCUT2D eigenvalue weighted by Crippen LogP contribution is 2.25. The quantitative estimate of drug-likeness (QED) is 0.361. The Morgan fingerprint density at radius 1 is 1.21 bits per heavy atom. The molecule has 3 rings (SSSR count). The van der Waals surface area contributed by atoms with E-state index in [1.807, 2.05) is 54.9 Å². The molecular formula is C19H20N6O3S. The Labute approximate surface area is 171 Å². The van der Waals surface area contributed by atoms with Gasteiger partial charge in [-0.25, -0.2) is 0 Å². The standard InChI is InChI=1S/C19H20N6O3S/c1-23(2)15-9-7-13(8-10-15)18-21-22-19(24(18)3)29-12-17(26)20-14-5-4-6-16(11-14)25(27)28/h4-11H,12H2,1-3H3,(H,20,26). The zero-order chi connectivity index (χ0) is 21.0. The molecule has 3 aromatic rings.